The van der Waals surface area contributed by atoms with Crippen molar-refractivity contribution in [3.8, 4) is 0 Å². The third-order valence-electron chi connectivity index (χ3n) is 14.6. The Kier molecular flexibility index (Phi) is 23.4. The minimum absolute atomic E-state index is 0.826. The van der Waals surface area contributed by atoms with E-state index in [1.165, 1.54) is 6.92 Å². The first-order valence-corrected chi connectivity index (χ1v) is 25.6. The third-order valence-corrected chi connectivity index (χ3v) is 14.6. The first-order chi connectivity index (χ1) is 38.0. The summed E-state index contributed by atoms with van der Waals surface area (Å²) in [4.78, 5) is 50.2. The molecule has 0 aromatic heterocycles. The Morgan fingerprint density at radius 3 is 1.63 bits per heavy atom. The van der Waals surface area contributed by atoms with E-state index in [1.54, 1.807) is 0 Å². The fourth-order valence-electron chi connectivity index (χ4n) is 10.3. The molecule has 3 amide bonds. The molecule has 6 aliphatic heterocycles. The standard InChI is InChI=1S/C45H75N3O33/c1-11-24(58)30(64)32(66)41(72-11)79-38-31(65)26(60)17(7-50)75-43(38)77-34-19(9-52)76-40(22(29(34)63)47-13(3)54)71-10-20-28(62)35(23(39(68)73-20)48-14(4)55)78-42-33(67)37(27(61)18(8-51)74-42)81-45(44(69)70)5-15(56)21(46-12(2)53)36(80-45)25(59)16(57)6-49/h11,15-43,49-52,56-68H,5-10H2,1-4H3,(H,46,53)(H,47,54)(H,48,55)(H,69,70)/t11-,15-,16+,17+,18+,19+,20+,21+,22+,23+,24+,25+,26-,27-,28-,29+,30+,31-,32-,33+,34+,35+,36+,37-,38+,39-,40+,41-,42-,43-,45-/m0/s1. The molecule has 0 unspecified atom stereocenters. The Balaban J connectivity index is 1.23. The molecule has 0 aliphatic carbocycles. The van der Waals surface area contributed by atoms with Gasteiger partial charge in [-0.2, -0.15) is 0 Å². The zero-order valence-corrected chi connectivity index (χ0v) is 43.7. The number of aliphatic hydroxyl groups excluding tert-OH is 17. The van der Waals surface area contributed by atoms with Crippen molar-refractivity contribution < 1.29 is 163 Å². The molecule has 21 N–H and O–H groups in total. The molecule has 0 saturated carbocycles. The number of rotatable bonds is 21. The number of carboxylic acid groups (broad SMARTS) is 1. The molecule has 0 radical (unpaired) electrons. The molecule has 6 rings (SSSR count). The lowest BCUT2D eigenvalue weighted by atomic mass is 9.88. The maximum absolute atomic E-state index is 13.0. The topological polar surface area (TPSA) is 570 Å². The van der Waals surface area contributed by atoms with Crippen LogP contribution in [0.1, 0.15) is 34.1 Å². The van der Waals surface area contributed by atoms with E-state index in [-0.39, 0.29) is 0 Å². The van der Waals surface area contributed by atoms with Gasteiger partial charge in [-0.15, -0.1) is 0 Å². The molecule has 6 saturated heterocycles. The van der Waals surface area contributed by atoms with Gasteiger partial charge in [0.15, 0.2) is 31.5 Å². The molecule has 31 atom stereocenters. The van der Waals surface area contributed by atoms with Crippen LogP contribution in [0.15, 0.2) is 0 Å². The monoisotopic (exact) mass is 1190 g/mol. The molecule has 0 aromatic carbocycles. The van der Waals surface area contributed by atoms with E-state index in [0.717, 1.165) is 20.8 Å². The second-order valence-corrected chi connectivity index (χ2v) is 20.4. The van der Waals surface area contributed by atoms with Gasteiger partial charge in [-0.05, 0) is 6.92 Å². The first-order valence-electron chi connectivity index (χ1n) is 25.6. The van der Waals surface area contributed by atoms with E-state index in [0.29, 0.717) is 0 Å². The normalized spacial score (nSPS) is 46.7. The van der Waals surface area contributed by atoms with Gasteiger partial charge in [-0.25, -0.2) is 4.79 Å². The number of carbonyl (C=O) groups is 4. The van der Waals surface area contributed by atoms with Crippen molar-refractivity contribution in [3.05, 3.63) is 0 Å². The summed E-state index contributed by atoms with van der Waals surface area (Å²) >= 11 is 0. The SMILES string of the molecule is CC(=O)N[C@@H]1[C@@H](O[C@@H]2O[C@H](CO)[C@H](O)[C@H](O[C@]3(C(=O)O)C[C@H](O)[C@@H](NC(C)=O)[C@H]([C@H](O)[C@H](O)CO)O3)[C@H]2O)[C@@H](O)[C@@H](CO[C@@H]2O[C@H](CO)[C@@H](O[C@@H]3O[C@H](CO)[C@H](O)[C@H](O)[C@H]3O[C@@H]3O[C@@H](C)[C@@H](O)[C@@H](O)[C@@H]3O)[C@H](O)[C@H]2NC(C)=O)O[C@@H]1O. The number of amides is 3. The van der Waals surface area contributed by atoms with Crippen LogP contribution >= 0.6 is 0 Å². The molecule has 6 heterocycles. The summed E-state index contributed by atoms with van der Waals surface area (Å²) in [6.07, 6.45) is -53.9. The first kappa shape index (κ1) is 66.9. The van der Waals surface area contributed by atoms with E-state index in [1.807, 2.05) is 0 Å². The van der Waals surface area contributed by atoms with Crippen LogP contribution in [0.5, 0.6) is 0 Å². The van der Waals surface area contributed by atoms with Crippen molar-refractivity contribution in [1.29, 1.82) is 0 Å². The number of hydrogen-bond acceptors (Lipinski definition) is 32. The number of aliphatic hydroxyl groups is 17. The van der Waals surface area contributed by atoms with Gasteiger partial charge >= 0.3 is 5.97 Å². The highest BCUT2D eigenvalue weighted by molar-refractivity contribution is 5.77. The van der Waals surface area contributed by atoms with Crippen LogP contribution in [0.25, 0.3) is 0 Å². The predicted octanol–water partition coefficient (Wildman–Crippen LogP) is -13.4. The summed E-state index contributed by atoms with van der Waals surface area (Å²) in [7, 11) is 0. The van der Waals surface area contributed by atoms with Gasteiger partial charge in [0.1, 0.15) is 134 Å². The quantitative estimate of drug-likeness (QED) is 0.0507. The number of carboxylic acids is 1. The molecular weight excluding hydrogens is 1110 g/mol. The van der Waals surface area contributed by atoms with E-state index in [4.69, 9.17) is 52.1 Å². The Hall–Kier alpha value is -3.24. The van der Waals surface area contributed by atoms with Crippen molar-refractivity contribution in [2.75, 3.05) is 33.0 Å². The Morgan fingerprint density at radius 2 is 1.05 bits per heavy atom. The number of carbonyl (C=O) groups excluding carboxylic acids is 3. The molecule has 81 heavy (non-hydrogen) atoms. The Morgan fingerprint density at radius 1 is 0.531 bits per heavy atom. The number of hydrogen-bond donors (Lipinski definition) is 21. The molecule has 36 heteroatoms. The van der Waals surface area contributed by atoms with E-state index < -0.39 is 253 Å². The van der Waals surface area contributed by atoms with E-state index in [9.17, 15) is 111 Å². The molecule has 36 nitrogen and oxygen atoms in total. The fourth-order valence-corrected chi connectivity index (χ4v) is 10.3. The molecule has 6 fully saturated rings. The van der Waals surface area contributed by atoms with Gasteiger partial charge in [-0.3, -0.25) is 14.4 Å². The molecule has 0 aromatic rings. The lowest BCUT2D eigenvalue weighted by molar-refractivity contribution is -0.385. The average molecular weight is 1190 g/mol. The van der Waals surface area contributed by atoms with Crippen LogP contribution in [-0.2, 0) is 71.3 Å². The van der Waals surface area contributed by atoms with Crippen LogP contribution < -0.4 is 16.0 Å². The number of ether oxygens (including phenoxy) is 11. The van der Waals surface area contributed by atoms with Crippen molar-refractivity contribution in [2.45, 2.75) is 224 Å². The summed E-state index contributed by atoms with van der Waals surface area (Å²) in [6, 6.07) is -5.20. The van der Waals surface area contributed by atoms with Crippen molar-refractivity contribution in [1.82, 2.24) is 16.0 Å². The van der Waals surface area contributed by atoms with Gasteiger partial charge in [0.2, 0.25) is 17.7 Å². The fraction of sp³-hybridized carbons (Fsp3) is 0.911. The van der Waals surface area contributed by atoms with Gasteiger partial charge < -0.3 is 160 Å². The predicted molar refractivity (Wildman–Crippen MR) is 250 cm³/mol. The highest BCUT2D eigenvalue weighted by atomic mass is 16.8. The summed E-state index contributed by atoms with van der Waals surface area (Å²) in [5, 5.41) is 201. The van der Waals surface area contributed by atoms with Gasteiger partial charge in [0.05, 0.1) is 51.3 Å². The highest BCUT2D eigenvalue weighted by Gasteiger charge is 2.61. The lowest BCUT2D eigenvalue weighted by Crippen LogP contribution is -2.71. The summed E-state index contributed by atoms with van der Waals surface area (Å²) in [5.41, 5.74) is 0. The summed E-state index contributed by atoms with van der Waals surface area (Å²) in [5.74, 6) is -7.82. The largest absolute Gasteiger partial charge is 0.477 e. The Labute approximate surface area is 459 Å². The van der Waals surface area contributed by atoms with Gasteiger partial charge in [-0.1, -0.05) is 0 Å². The molecule has 0 spiro atoms. The minimum atomic E-state index is -3.20. The van der Waals surface area contributed by atoms with Crippen LogP contribution in [-0.4, -0.2) is 338 Å². The van der Waals surface area contributed by atoms with Gasteiger partial charge in [0, 0.05) is 27.2 Å². The van der Waals surface area contributed by atoms with Crippen LogP contribution in [0.4, 0.5) is 0 Å². The Bertz CT molecular complexity index is 2080. The third kappa shape index (κ3) is 14.7. The molecular formula is C45H75N3O33. The van der Waals surface area contributed by atoms with Crippen molar-refractivity contribution >= 4 is 23.7 Å². The maximum atomic E-state index is 13.0. The average Bonchev–Trinajstić information content (AvgIpc) is 3.47. The molecule has 468 valence electrons. The maximum Gasteiger partial charge on any atom is 0.364 e. The van der Waals surface area contributed by atoms with Crippen LogP contribution in [0.2, 0.25) is 0 Å². The molecule has 6 aliphatic rings. The minimum Gasteiger partial charge on any atom is -0.477 e. The van der Waals surface area contributed by atoms with Crippen LogP contribution in [0.3, 0.4) is 0 Å². The highest BCUT2D eigenvalue weighted by Crippen LogP contribution is 2.39. The second-order valence-electron chi connectivity index (χ2n) is 20.4. The molecule has 0 bridgehead atoms. The zero-order chi connectivity index (χ0) is 60.3. The van der Waals surface area contributed by atoms with Crippen LogP contribution in [0, 0.1) is 0 Å². The lowest BCUT2D eigenvalue weighted by Gasteiger charge is -2.51. The van der Waals surface area contributed by atoms with Crippen molar-refractivity contribution in [2.24, 2.45) is 0 Å². The van der Waals surface area contributed by atoms with E-state index in [2.05, 4.69) is 16.0 Å². The zero-order valence-electron chi connectivity index (χ0n) is 43.7. The number of nitrogens with one attached hydrogen (secondary N) is 3. The summed E-state index contributed by atoms with van der Waals surface area (Å²) < 4.78 is 63.1. The van der Waals surface area contributed by atoms with Crippen molar-refractivity contribution in [3.63, 3.8) is 0 Å². The van der Waals surface area contributed by atoms with Gasteiger partial charge in [0.25, 0.3) is 5.79 Å². The number of aliphatic carboxylic acids is 1. The van der Waals surface area contributed by atoms with E-state index >= 15 is 0 Å². The second kappa shape index (κ2) is 28.3. The summed E-state index contributed by atoms with van der Waals surface area (Å²) in [6.45, 7) is -0.878. The smallest absolute Gasteiger partial charge is 0.364 e.